The largest absolute Gasteiger partial charge is 0.329 e. The van der Waals surface area contributed by atoms with Gasteiger partial charge in [-0.15, -0.1) is 0 Å². The quantitative estimate of drug-likeness (QED) is 0.801. The van der Waals surface area contributed by atoms with Gasteiger partial charge >= 0.3 is 0 Å². The van der Waals surface area contributed by atoms with Gasteiger partial charge in [0, 0.05) is 18.6 Å². The van der Waals surface area contributed by atoms with Gasteiger partial charge in [0.1, 0.15) is 0 Å². The highest BCUT2D eigenvalue weighted by atomic mass is 15.2. The molecular weight excluding hydrogens is 220 g/mol. The van der Waals surface area contributed by atoms with E-state index in [0.29, 0.717) is 18.6 Å². The number of rotatable bonds is 7. The molecule has 1 aromatic carbocycles. The standard InChI is InChI=1S/C16H28N2/c1-5-11-18(13(3)4)16(12-17)15-10-8-7-9-14(15)6-2/h7-10,13,16H,5-6,11-12,17H2,1-4H3. The average Bonchev–Trinajstić information content (AvgIpc) is 2.39. The summed E-state index contributed by atoms with van der Waals surface area (Å²) in [6, 6.07) is 9.59. The highest BCUT2D eigenvalue weighted by Crippen LogP contribution is 2.25. The molecule has 0 aliphatic heterocycles. The molecule has 0 aliphatic carbocycles. The Labute approximate surface area is 112 Å². The summed E-state index contributed by atoms with van der Waals surface area (Å²) in [6.45, 7) is 10.8. The topological polar surface area (TPSA) is 29.3 Å². The Hall–Kier alpha value is -0.860. The molecule has 0 fully saturated rings. The van der Waals surface area contributed by atoms with E-state index in [2.05, 4.69) is 56.9 Å². The highest BCUT2D eigenvalue weighted by Gasteiger charge is 2.22. The maximum absolute atomic E-state index is 6.06. The maximum atomic E-state index is 6.06. The summed E-state index contributed by atoms with van der Waals surface area (Å²) in [5.41, 5.74) is 8.89. The molecule has 0 aromatic heterocycles. The van der Waals surface area contributed by atoms with Crippen LogP contribution in [-0.4, -0.2) is 24.0 Å². The van der Waals surface area contributed by atoms with Crippen LogP contribution in [0.3, 0.4) is 0 Å². The van der Waals surface area contributed by atoms with Gasteiger partial charge in [-0.1, -0.05) is 38.1 Å². The summed E-state index contributed by atoms with van der Waals surface area (Å²) >= 11 is 0. The van der Waals surface area contributed by atoms with Gasteiger partial charge < -0.3 is 5.73 Å². The number of nitrogens with two attached hydrogens (primary N) is 1. The summed E-state index contributed by atoms with van der Waals surface area (Å²) in [4.78, 5) is 2.52. The van der Waals surface area contributed by atoms with E-state index in [9.17, 15) is 0 Å². The third-order valence-corrected chi connectivity index (χ3v) is 3.56. The molecule has 1 unspecified atom stereocenters. The summed E-state index contributed by atoms with van der Waals surface area (Å²) in [6.07, 6.45) is 2.24. The van der Waals surface area contributed by atoms with Crippen molar-refractivity contribution < 1.29 is 0 Å². The van der Waals surface area contributed by atoms with E-state index < -0.39 is 0 Å². The summed E-state index contributed by atoms with van der Waals surface area (Å²) in [5, 5.41) is 0. The van der Waals surface area contributed by atoms with Crippen LogP contribution < -0.4 is 5.73 Å². The van der Waals surface area contributed by atoms with Crippen LogP contribution in [0.1, 0.15) is 51.3 Å². The lowest BCUT2D eigenvalue weighted by Gasteiger charge is -2.35. The van der Waals surface area contributed by atoms with E-state index >= 15 is 0 Å². The molecule has 1 aromatic rings. The van der Waals surface area contributed by atoms with E-state index in [1.165, 1.54) is 17.5 Å². The molecule has 2 heteroatoms. The Balaban J connectivity index is 3.06. The Morgan fingerprint density at radius 3 is 2.33 bits per heavy atom. The second kappa shape index (κ2) is 7.55. The molecule has 0 radical (unpaired) electrons. The van der Waals surface area contributed by atoms with Crippen LogP contribution in [0, 0.1) is 0 Å². The molecule has 1 atom stereocenters. The van der Waals surface area contributed by atoms with Crippen LogP contribution in [0.2, 0.25) is 0 Å². The van der Waals surface area contributed by atoms with E-state index in [4.69, 9.17) is 5.73 Å². The molecule has 0 amide bonds. The van der Waals surface area contributed by atoms with Gasteiger partial charge in [-0.25, -0.2) is 0 Å². The maximum Gasteiger partial charge on any atom is 0.0475 e. The van der Waals surface area contributed by atoms with E-state index in [1.807, 2.05) is 0 Å². The average molecular weight is 248 g/mol. The molecule has 0 saturated carbocycles. The van der Waals surface area contributed by atoms with Gasteiger partial charge in [0.05, 0.1) is 0 Å². The lowest BCUT2D eigenvalue weighted by molar-refractivity contribution is 0.157. The molecule has 0 aliphatic rings. The van der Waals surface area contributed by atoms with Crippen LogP contribution in [0.25, 0.3) is 0 Å². The molecule has 102 valence electrons. The van der Waals surface area contributed by atoms with Crippen LogP contribution in [0.15, 0.2) is 24.3 Å². The fraction of sp³-hybridized carbons (Fsp3) is 0.625. The fourth-order valence-corrected chi connectivity index (χ4v) is 2.65. The molecule has 0 heterocycles. The zero-order valence-corrected chi connectivity index (χ0v) is 12.3. The fourth-order valence-electron chi connectivity index (χ4n) is 2.65. The zero-order valence-electron chi connectivity index (χ0n) is 12.3. The minimum atomic E-state index is 0.348. The Morgan fingerprint density at radius 2 is 1.83 bits per heavy atom. The third-order valence-electron chi connectivity index (χ3n) is 3.56. The number of aryl methyl sites for hydroxylation is 1. The molecule has 0 saturated heterocycles. The smallest absolute Gasteiger partial charge is 0.0475 e. The minimum absolute atomic E-state index is 0.348. The van der Waals surface area contributed by atoms with Crippen LogP contribution in [0.5, 0.6) is 0 Å². The van der Waals surface area contributed by atoms with Gasteiger partial charge in [0.15, 0.2) is 0 Å². The van der Waals surface area contributed by atoms with Crippen molar-refractivity contribution in [3.8, 4) is 0 Å². The normalized spacial score (nSPS) is 13.3. The number of nitrogens with zero attached hydrogens (tertiary/aromatic N) is 1. The van der Waals surface area contributed by atoms with Gasteiger partial charge in [0.25, 0.3) is 0 Å². The first kappa shape index (κ1) is 15.2. The summed E-state index contributed by atoms with van der Waals surface area (Å²) < 4.78 is 0. The van der Waals surface area contributed by atoms with E-state index in [0.717, 1.165) is 13.0 Å². The van der Waals surface area contributed by atoms with Crippen molar-refractivity contribution in [3.63, 3.8) is 0 Å². The summed E-state index contributed by atoms with van der Waals surface area (Å²) in [5.74, 6) is 0. The Bertz CT molecular complexity index is 347. The Kier molecular flexibility index (Phi) is 6.37. The van der Waals surface area contributed by atoms with Crippen molar-refractivity contribution in [2.75, 3.05) is 13.1 Å². The lowest BCUT2D eigenvalue weighted by Crippen LogP contribution is -2.39. The second-order valence-corrected chi connectivity index (χ2v) is 5.14. The SMILES string of the molecule is CCCN(C(C)C)C(CN)c1ccccc1CC. The van der Waals surface area contributed by atoms with Crippen molar-refractivity contribution in [1.29, 1.82) is 0 Å². The number of hydrogen-bond acceptors (Lipinski definition) is 2. The zero-order chi connectivity index (χ0) is 13.5. The van der Waals surface area contributed by atoms with E-state index in [1.54, 1.807) is 0 Å². The van der Waals surface area contributed by atoms with Crippen LogP contribution >= 0.6 is 0 Å². The third kappa shape index (κ3) is 3.56. The predicted molar refractivity (Wildman–Crippen MR) is 79.7 cm³/mol. The van der Waals surface area contributed by atoms with Crippen molar-refractivity contribution >= 4 is 0 Å². The van der Waals surface area contributed by atoms with E-state index in [-0.39, 0.29) is 0 Å². The number of hydrogen-bond donors (Lipinski definition) is 1. The molecule has 2 nitrogen and oxygen atoms in total. The van der Waals surface area contributed by atoms with Gasteiger partial charge in [-0.05, 0) is 44.4 Å². The minimum Gasteiger partial charge on any atom is -0.329 e. The van der Waals surface area contributed by atoms with Crippen molar-refractivity contribution in [1.82, 2.24) is 4.90 Å². The first-order chi connectivity index (χ1) is 8.65. The highest BCUT2D eigenvalue weighted by molar-refractivity contribution is 5.30. The predicted octanol–water partition coefficient (Wildman–Crippen LogP) is 3.37. The molecule has 18 heavy (non-hydrogen) atoms. The molecule has 2 N–H and O–H groups in total. The first-order valence-electron chi connectivity index (χ1n) is 7.19. The second-order valence-electron chi connectivity index (χ2n) is 5.14. The van der Waals surface area contributed by atoms with Crippen LogP contribution in [0.4, 0.5) is 0 Å². The summed E-state index contributed by atoms with van der Waals surface area (Å²) in [7, 11) is 0. The van der Waals surface area contributed by atoms with Gasteiger partial charge in [-0.2, -0.15) is 0 Å². The lowest BCUT2D eigenvalue weighted by atomic mass is 9.96. The Morgan fingerprint density at radius 1 is 1.17 bits per heavy atom. The van der Waals surface area contributed by atoms with Crippen molar-refractivity contribution in [2.45, 2.75) is 52.6 Å². The number of benzene rings is 1. The van der Waals surface area contributed by atoms with Crippen molar-refractivity contribution in [3.05, 3.63) is 35.4 Å². The van der Waals surface area contributed by atoms with Crippen LogP contribution in [-0.2, 0) is 6.42 Å². The van der Waals surface area contributed by atoms with Gasteiger partial charge in [-0.3, -0.25) is 4.90 Å². The molecule has 0 spiro atoms. The molecule has 0 bridgehead atoms. The first-order valence-corrected chi connectivity index (χ1v) is 7.19. The molecular formula is C16H28N2. The monoisotopic (exact) mass is 248 g/mol. The van der Waals surface area contributed by atoms with Crippen molar-refractivity contribution in [2.24, 2.45) is 5.73 Å². The molecule has 1 rings (SSSR count). The van der Waals surface area contributed by atoms with Gasteiger partial charge in [0.2, 0.25) is 0 Å².